The largest absolute Gasteiger partial charge is 0.444 e. The van der Waals surface area contributed by atoms with Crippen LogP contribution in [0.3, 0.4) is 0 Å². The molecule has 1 unspecified atom stereocenters. The van der Waals surface area contributed by atoms with Gasteiger partial charge in [-0.3, -0.25) is 4.98 Å². The smallest absolute Gasteiger partial charge is 0.407 e. The Bertz CT molecular complexity index is 1750. The van der Waals surface area contributed by atoms with Gasteiger partial charge in [-0.05, 0) is 116 Å². The quantitative estimate of drug-likeness (QED) is 0.305. The molecule has 3 aromatic rings. The second-order valence-corrected chi connectivity index (χ2v) is 15.9. The number of alkyl carbamates (subject to hydrolysis) is 1. The topological polar surface area (TPSA) is 120 Å². The first kappa shape index (κ1) is 33.4. The Morgan fingerprint density at radius 3 is 2.64 bits per heavy atom. The van der Waals surface area contributed by atoms with Crippen LogP contribution in [0.4, 0.5) is 22.1 Å². The summed E-state index contributed by atoms with van der Waals surface area (Å²) < 4.78 is 20.0. The number of ether oxygens (including phenoxy) is 3. The van der Waals surface area contributed by atoms with Gasteiger partial charge >= 0.3 is 6.09 Å². The lowest BCUT2D eigenvalue weighted by molar-refractivity contribution is -0.0368. The summed E-state index contributed by atoms with van der Waals surface area (Å²) in [6.07, 6.45) is 15.1. The predicted molar refractivity (Wildman–Crippen MR) is 193 cm³/mol. The number of fused-ring (bicyclic) bond motifs is 2. The van der Waals surface area contributed by atoms with Gasteiger partial charge in [0.25, 0.3) is 0 Å². The molecule has 268 valence electrons. The van der Waals surface area contributed by atoms with Crippen LogP contribution in [-0.2, 0) is 20.6 Å². The van der Waals surface area contributed by atoms with E-state index < -0.39 is 5.60 Å². The fourth-order valence-electron chi connectivity index (χ4n) is 8.58. The Kier molecular flexibility index (Phi) is 8.95. The number of amides is 1. The van der Waals surface area contributed by atoms with Gasteiger partial charge in [0.05, 0.1) is 42.0 Å². The third kappa shape index (κ3) is 6.45. The zero-order chi connectivity index (χ0) is 34.5. The standard InChI is InChI=1S/C38H52N8O4/c1-25-33(42-36(47)50-37(2,3)4)38(24-49-25)17-20-44(21-18-38)30-23-39-32-34(41-30)46(31-14-8-9-22-48-31)43-35(32)45-19-10-13-28-29(45)16-15-27(40-28)26-11-6-5-7-12-26/h11,15-16,23,25,31,33H,5-10,12-14,17-22,24H2,1-4H3,(H,42,47)/t25-,31?,33+/m0/s1. The van der Waals surface area contributed by atoms with Crippen molar-refractivity contribution >= 4 is 40.2 Å². The first-order chi connectivity index (χ1) is 24.2. The van der Waals surface area contributed by atoms with Gasteiger partial charge in [0.2, 0.25) is 0 Å². The summed E-state index contributed by atoms with van der Waals surface area (Å²) >= 11 is 0. The van der Waals surface area contributed by atoms with Gasteiger partial charge in [-0.25, -0.2) is 19.4 Å². The van der Waals surface area contributed by atoms with E-state index in [9.17, 15) is 4.79 Å². The molecule has 1 spiro atoms. The van der Waals surface area contributed by atoms with E-state index in [0.717, 1.165) is 124 Å². The summed E-state index contributed by atoms with van der Waals surface area (Å²) in [6, 6.07) is 4.31. The molecule has 50 heavy (non-hydrogen) atoms. The van der Waals surface area contributed by atoms with Gasteiger partial charge < -0.3 is 29.3 Å². The molecule has 1 aliphatic carbocycles. The monoisotopic (exact) mass is 684 g/mol. The van der Waals surface area contributed by atoms with E-state index in [1.165, 1.54) is 18.4 Å². The number of anilines is 3. The Morgan fingerprint density at radius 1 is 1.02 bits per heavy atom. The van der Waals surface area contributed by atoms with Crippen molar-refractivity contribution in [2.24, 2.45) is 5.41 Å². The normalized spacial score (nSPS) is 25.4. The number of piperidine rings is 1. The number of pyridine rings is 1. The lowest BCUT2D eigenvalue weighted by Crippen LogP contribution is -2.55. The number of carbonyl (C=O) groups excluding carboxylic acids is 1. The Hall–Kier alpha value is -3.77. The van der Waals surface area contributed by atoms with Crippen LogP contribution in [0.15, 0.2) is 24.4 Å². The van der Waals surface area contributed by atoms with Crippen molar-refractivity contribution in [3.05, 3.63) is 35.8 Å². The number of hydrogen-bond donors (Lipinski definition) is 1. The molecule has 8 rings (SSSR count). The molecule has 4 aliphatic heterocycles. The van der Waals surface area contributed by atoms with E-state index in [1.54, 1.807) is 0 Å². The summed E-state index contributed by atoms with van der Waals surface area (Å²) in [7, 11) is 0. The van der Waals surface area contributed by atoms with E-state index in [1.807, 2.05) is 38.6 Å². The molecule has 3 atom stereocenters. The van der Waals surface area contributed by atoms with Crippen LogP contribution in [0.5, 0.6) is 0 Å². The highest BCUT2D eigenvalue weighted by atomic mass is 16.6. The molecular formula is C38H52N8O4. The van der Waals surface area contributed by atoms with Gasteiger partial charge in [-0.15, -0.1) is 5.10 Å². The van der Waals surface area contributed by atoms with Crippen molar-refractivity contribution in [3.8, 4) is 0 Å². The summed E-state index contributed by atoms with van der Waals surface area (Å²) in [5.41, 5.74) is 5.59. The highest BCUT2D eigenvalue weighted by Crippen LogP contribution is 2.44. The minimum absolute atomic E-state index is 0.0838. The third-order valence-corrected chi connectivity index (χ3v) is 11.2. The summed E-state index contributed by atoms with van der Waals surface area (Å²) in [5, 5.41) is 8.39. The van der Waals surface area contributed by atoms with Crippen molar-refractivity contribution in [1.82, 2.24) is 30.0 Å². The first-order valence-electron chi connectivity index (χ1n) is 18.9. The average Bonchev–Trinajstić information content (AvgIpc) is 3.65. The molecule has 0 aromatic carbocycles. The first-order valence-corrected chi connectivity index (χ1v) is 18.9. The van der Waals surface area contributed by atoms with Crippen LogP contribution in [0.25, 0.3) is 16.7 Å². The molecule has 1 N–H and O–H groups in total. The highest BCUT2D eigenvalue weighted by molar-refractivity contribution is 5.88. The lowest BCUT2D eigenvalue weighted by Gasteiger charge is -2.42. The summed E-state index contributed by atoms with van der Waals surface area (Å²) in [5.74, 6) is 1.66. The predicted octanol–water partition coefficient (Wildman–Crippen LogP) is 6.86. The van der Waals surface area contributed by atoms with Crippen molar-refractivity contribution < 1.29 is 19.0 Å². The minimum atomic E-state index is -0.556. The molecule has 0 bridgehead atoms. The van der Waals surface area contributed by atoms with Crippen LogP contribution in [0.1, 0.15) is 110 Å². The number of aryl methyl sites for hydroxylation is 1. The second kappa shape index (κ2) is 13.4. The Morgan fingerprint density at radius 2 is 1.88 bits per heavy atom. The van der Waals surface area contributed by atoms with Crippen molar-refractivity contribution in [3.63, 3.8) is 0 Å². The van der Waals surface area contributed by atoms with Crippen LogP contribution in [0.2, 0.25) is 0 Å². The lowest BCUT2D eigenvalue weighted by atomic mass is 9.73. The second-order valence-electron chi connectivity index (χ2n) is 15.9. The highest BCUT2D eigenvalue weighted by Gasteiger charge is 2.50. The maximum atomic E-state index is 12.8. The molecule has 3 aromatic heterocycles. The van der Waals surface area contributed by atoms with Gasteiger partial charge in [-0.1, -0.05) is 6.08 Å². The van der Waals surface area contributed by atoms with Crippen molar-refractivity contribution in [2.45, 2.75) is 122 Å². The fourth-order valence-corrected chi connectivity index (χ4v) is 8.58. The number of carbonyl (C=O) groups is 1. The molecule has 3 saturated heterocycles. The molecule has 12 heteroatoms. The van der Waals surface area contributed by atoms with E-state index in [-0.39, 0.29) is 29.9 Å². The molecule has 7 heterocycles. The molecular weight excluding hydrogens is 632 g/mol. The molecule has 5 aliphatic rings. The van der Waals surface area contributed by atoms with Crippen LogP contribution >= 0.6 is 0 Å². The SMILES string of the molecule is C[C@@H]1OCC2(CCN(c3cnc4c(N5CCCc6nc(C7=CCCCC7)ccc65)nn(C5CCCCO5)c4n3)CC2)[C@@H]1NC(=O)OC(C)(C)C. The number of nitrogens with one attached hydrogen (secondary N) is 1. The Labute approximate surface area is 295 Å². The molecule has 1 amide bonds. The van der Waals surface area contributed by atoms with Gasteiger partial charge in [0.1, 0.15) is 11.4 Å². The summed E-state index contributed by atoms with van der Waals surface area (Å²) in [4.78, 5) is 32.9. The van der Waals surface area contributed by atoms with Crippen LogP contribution in [-0.4, -0.2) is 81.4 Å². The van der Waals surface area contributed by atoms with Crippen molar-refractivity contribution in [1.29, 1.82) is 0 Å². The van der Waals surface area contributed by atoms with Crippen LogP contribution in [0, 0.1) is 5.41 Å². The summed E-state index contributed by atoms with van der Waals surface area (Å²) in [6.45, 7) is 11.5. The third-order valence-electron chi connectivity index (χ3n) is 11.2. The van der Waals surface area contributed by atoms with Crippen LogP contribution < -0.4 is 15.1 Å². The number of hydrogen-bond acceptors (Lipinski definition) is 10. The minimum Gasteiger partial charge on any atom is -0.444 e. The number of rotatable bonds is 5. The van der Waals surface area contributed by atoms with Gasteiger partial charge in [0, 0.05) is 31.7 Å². The fraction of sp³-hybridized carbons (Fsp3) is 0.658. The van der Waals surface area contributed by atoms with E-state index in [2.05, 4.69) is 33.3 Å². The maximum absolute atomic E-state index is 12.8. The molecule has 0 radical (unpaired) electrons. The number of aromatic nitrogens is 5. The zero-order valence-electron chi connectivity index (χ0n) is 30.1. The van der Waals surface area contributed by atoms with E-state index in [4.69, 9.17) is 34.3 Å². The average molecular weight is 685 g/mol. The van der Waals surface area contributed by atoms with Gasteiger partial charge in [0.15, 0.2) is 23.2 Å². The number of allylic oxidation sites excluding steroid dienone is 2. The molecule has 3 fully saturated rings. The molecule has 0 saturated carbocycles. The number of nitrogens with zero attached hydrogens (tertiary/aromatic N) is 7. The van der Waals surface area contributed by atoms with E-state index >= 15 is 0 Å². The Balaban J connectivity index is 1.07. The van der Waals surface area contributed by atoms with Gasteiger partial charge in [-0.2, -0.15) is 0 Å². The maximum Gasteiger partial charge on any atom is 0.407 e. The van der Waals surface area contributed by atoms with E-state index in [0.29, 0.717) is 6.61 Å². The molecule has 12 nitrogen and oxygen atoms in total. The van der Waals surface area contributed by atoms with Crippen molar-refractivity contribution in [2.75, 3.05) is 42.6 Å². The zero-order valence-corrected chi connectivity index (χ0v) is 30.1.